The van der Waals surface area contributed by atoms with Crippen LogP contribution in [0.15, 0.2) is 30.3 Å². The Balaban J connectivity index is 2.22. The number of para-hydroxylation sites is 1. The molecule has 98 valence electrons. The molecule has 0 atom stereocenters. The van der Waals surface area contributed by atoms with Crippen molar-refractivity contribution in [3.63, 3.8) is 0 Å². The maximum atomic E-state index is 11.9. The minimum Gasteiger partial charge on any atom is -0.507 e. The third-order valence-corrected chi connectivity index (χ3v) is 3.64. The van der Waals surface area contributed by atoms with Gasteiger partial charge in [-0.2, -0.15) is 0 Å². The number of aromatic carboxylic acids is 1. The number of aryl methyl sites for hydroxylation is 1. The van der Waals surface area contributed by atoms with Crippen molar-refractivity contribution in [2.24, 2.45) is 0 Å². The lowest BCUT2D eigenvalue weighted by molar-refractivity contribution is 0.0701. The van der Waals surface area contributed by atoms with Crippen molar-refractivity contribution in [1.29, 1.82) is 0 Å². The summed E-state index contributed by atoms with van der Waals surface area (Å²) in [5, 5.41) is 21.5. The number of phenols is 1. The van der Waals surface area contributed by atoms with Crippen LogP contribution in [0.3, 0.4) is 0 Å². The summed E-state index contributed by atoms with van der Waals surface area (Å²) in [6.07, 6.45) is 0. The van der Waals surface area contributed by atoms with E-state index in [0.29, 0.717) is 10.6 Å². The van der Waals surface area contributed by atoms with Gasteiger partial charge in [0.2, 0.25) is 0 Å². The molecule has 2 aromatic rings. The van der Waals surface area contributed by atoms with Crippen molar-refractivity contribution in [2.75, 3.05) is 5.32 Å². The molecule has 6 heteroatoms. The standard InChI is InChI=1S/C13H11NO4S/c1-7-6-10(19-11(7)13(17)18)14-12(16)8-4-2-3-5-9(8)15/h2-6,15H,1H3,(H,14,16)(H,17,18). The van der Waals surface area contributed by atoms with Crippen LogP contribution in [0.5, 0.6) is 5.75 Å². The maximum Gasteiger partial charge on any atom is 0.346 e. The number of carboxylic acids is 1. The van der Waals surface area contributed by atoms with Crippen LogP contribution >= 0.6 is 11.3 Å². The van der Waals surface area contributed by atoms with Crippen LogP contribution in [0, 0.1) is 6.92 Å². The fourth-order valence-corrected chi connectivity index (χ4v) is 2.51. The number of thiophene rings is 1. The predicted molar refractivity (Wildman–Crippen MR) is 72.1 cm³/mol. The highest BCUT2D eigenvalue weighted by molar-refractivity contribution is 7.18. The quantitative estimate of drug-likeness (QED) is 0.805. The normalized spacial score (nSPS) is 10.2. The van der Waals surface area contributed by atoms with Crippen molar-refractivity contribution < 1.29 is 19.8 Å². The van der Waals surface area contributed by atoms with E-state index in [-0.39, 0.29) is 16.2 Å². The number of benzene rings is 1. The molecule has 0 bridgehead atoms. The summed E-state index contributed by atoms with van der Waals surface area (Å²) >= 11 is 0.983. The molecule has 5 nitrogen and oxygen atoms in total. The number of carboxylic acid groups (broad SMARTS) is 1. The Morgan fingerprint density at radius 1 is 1.26 bits per heavy atom. The molecule has 0 saturated heterocycles. The van der Waals surface area contributed by atoms with Crippen molar-refractivity contribution >= 4 is 28.2 Å². The van der Waals surface area contributed by atoms with Crippen LogP contribution in [0.2, 0.25) is 0 Å². The van der Waals surface area contributed by atoms with Gasteiger partial charge in [0.1, 0.15) is 10.6 Å². The van der Waals surface area contributed by atoms with E-state index in [1.54, 1.807) is 25.1 Å². The topological polar surface area (TPSA) is 86.6 Å². The Morgan fingerprint density at radius 2 is 1.95 bits per heavy atom. The summed E-state index contributed by atoms with van der Waals surface area (Å²) in [5.74, 6) is -1.62. The van der Waals surface area contributed by atoms with Crippen LogP contribution in [-0.4, -0.2) is 22.1 Å². The summed E-state index contributed by atoms with van der Waals surface area (Å²) in [4.78, 5) is 23.0. The second kappa shape index (κ2) is 5.11. The van der Waals surface area contributed by atoms with E-state index >= 15 is 0 Å². The first-order chi connectivity index (χ1) is 8.99. The number of amides is 1. The summed E-state index contributed by atoms with van der Waals surface area (Å²) in [6.45, 7) is 1.66. The number of carbonyl (C=O) groups is 2. The molecule has 0 unspecified atom stereocenters. The second-order valence-corrected chi connectivity index (χ2v) is 4.95. The summed E-state index contributed by atoms with van der Waals surface area (Å²) in [5.41, 5.74) is 0.732. The van der Waals surface area contributed by atoms with E-state index in [2.05, 4.69) is 5.32 Å². The second-order valence-electron chi connectivity index (χ2n) is 3.90. The molecule has 0 spiro atoms. The largest absolute Gasteiger partial charge is 0.507 e. The molecule has 1 amide bonds. The van der Waals surface area contributed by atoms with Crippen LogP contribution in [0.1, 0.15) is 25.6 Å². The van der Waals surface area contributed by atoms with Crippen LogP contribution < -0.4 is 5.32 Å². The van der Waals surface area contributed by atoms with Gasteiger partial charge in [-0.05, 0) is 30.7 Å². The molecule has 1 aromatic carbocycles. The molecule has 0 saturated carbocycles. The number of carbonyl (C=O) groups excluding carboxylic acids is 1. The number of nitrogens with one attached hydrogen (secondary N) is 1. The predicted octanol–water partition coefficient (Wildman–Crippen LogP) is 2.71. The number of phenolic OH excluding ortho intramolecular Hbond substituents is 1. The molecule has 0 aliphatic heterocycles. The van der Waals surface area contributed by atoms with E-state index < -0.39 is 11.9 Å². The summed E-state index contributed by atoms with van der Waals surface area (Å²) < 4.78 is 0. The number of hydrogen-bond acceptors (Lipinski definition) is 4. The van der Waals surface area contributed by atoms with Gasteiger partial charge in [0.25, 0.3) is 5.91 Å². The average Bonchev–Trinajstić information content (AvgIpc) is 2.70. The van der Waals surface area contributed by atoms with Crippen LogP contribution in [-0.2, 0) is 0 Å². The molecule has 0 aliphatic carbocycles. The highest BCUT2D eigenvalue weighted by atomic mass is 32.1. The fraction of sp³-hybridized carbons (Fsp3) is 0.0769. The Hall–Kier alpha value is -2.34. The smallest absolute Gasteiger partial charge is 0.346 e. The highest BCUT2D eigenvalue weighted by Gasteiger charge is 2.15. The van der Waals surface area contributed by atoms with Crippen molar-refractivity contribution in [3.05, 3.63) is 46.3 Å². The lowest BCUT2D eigenvalue weighted by Crippen LogP contribution is -2.10. The van der Waals surface area contributed by atoms with Gasteiger partial charge in [0, 0.05) is 0 Å². The molecule has 3 N–H and O–H groups in total. The van der Waals surface area contributed by atoms with E-state index in [1.807, 2.05) is 0 Å². The zero-order chi connectivity index (χ0) is 14.0. The Labute approximate surface area is 113 Å². The van der Waals surface area contributed by atoms with Gasteiger partial charge < -0.3 is 15.5 Å². The number of rotatable bonds is 3. The molecular formula is C13H11NO4S. The molecular weight excluding hydrogens is 266 g/mol. The molecule has 1 aromatic heterocycles. The number of hydrogen-bond donors (Lipinski definition) is 3. The summed E-state index contributed by atoms with van der Waals surface area (Å²) in [7, 11) is 0. The third kappa shape index (κ3) is 2.74. The van der Waals surface area contributed by atoms with Gasteiger partial charge in [-0.25, -0.2) is 4.79 Å². The number of aromatic hydroxyl groups is 1. The monoisotopic (exact) mass is 277 g/mol. The summed E-state index contributed by atoms with van der Waals surface area (Å²) in [6, 6.07) is 7.74. The molecule has 0 radical (unpaired) electrons. The van der Waals surface area contributed by atoms with E-state index in [9.17, 15) is 14.7 Å². The van der Waals surface area contributed by atoms with Crippen LogP contribution in [0.4, 0.5) is 5.00 Å². The molecule has 1 heterocycles. The van der Waals surface area contributed by atoms with Gasteiger partial charge >= 0.3 is 5.97 Å². The molecule has 19 heavy (non-hydrogen) atoms. The first-order valence-electron chi connectivity index (χ1n) is 5.42. The number of anilines is 1. The van der Waals surface area contributed by atoms with Crippen LogP contribution in [0.25, 0.3) is 0 Å². The fourth-order valence-electron chi connectivity index (χ4n) is 1.60. The first-order valence-corrected chi connectivity index (χ1v) is 6.23. The SMILES string of the molecule is Cc1cc(NC(=O)c2ccccc2O)sc1C(=O)O. The lowest BCUT2D eigenvalue weighted by Gasteiger charge is -2.03. The Kier molecular flexibility index (Phi) is 3.52. The van der Waals surface area contributed by atoms with E-state index in [1.165, 1.54) is 12.1 Å². The van der Waals surface area contributed by atoms with Crippen molar-refractivity contribution in [3.8, 4) is 5.75 Å². The third-order valence-electron chi connectivity index (χ3n) is 2.50. The average molecular weight is 277 g/mol. The Bertz CT molecular complexity index is 648. The van der Waals surface area contributed by atoms with E-state index in [0.717, 1.165) is 11.3 Å². The highest BCUT2D eigenvalue weighted by Crippen LogP contribution is 2.27. The van der Waals surface area contributed by atoms with Gasteiger partial charge in [-0.15, -0.1) is 11.3 Å². The zero-order valence-corrected chi connectivity index (χ0v) is 10.8. The molecule has 0 aliphatic rings. The van der Waals surface area contributed by atoms with Gasteiger partial charge in [-0.1, -0.05) is 12.1 Å². The van der Waals surface area contributed by atoms with Gasteiger partial charge in [-0.3, -0.25) is 4.79 Å². The van der Waals surface area contributed by atoms with Gasteiger partial charge in [0.05, 0.1) is 10.6 Å². The zero-order valence-electron chi connectivity index (χ0n) is 10.0. The minimum absolute atomic E-state index is 0.119. The van der Waals surface area contributed by atoms with Gasteiger partial charge in [0.15, 0.2) is 0 Å². The maximum absolute atomic E-state index is 11.9. The lowest BCUT2D eigenvalue weighted by atomic mass is 10.2. The first kappa shape index (κ1) is 13.1. The minimum atomic E-state index is -1.02. The van der Waals surface area contributed by atoms with Crippen molar-refractivity contribution in [2.45, 2.75) is 6.92 Å². The van der Waals surface area contributed by atoms with E-state index in [4.69, 9.17) is 5.11 Å². The Morgan fingerprint density at radius 3 is 2.53 bits per heavy atom. The van der Waals surface area contributed by atoms with Crippen molar-refractivity contribution in [1.82, 2.24) is 0 Å². The molecule has 0 fully saturated rings. The molecule has 2 rings (SSSR count).